The molecule has 0 fully saturated rings. The van der Waals surface area contributed by atoms with E-state index >= 15 is 0 Å². The van der Waals surface area contributed by atoms with Crippen LogP contribution >= 0.6 is 31.9 Å². The molecular weight excluding hydrogens is 470 g/mol. The van der Waals surface area contributed by atoms with Gasteiger partial charge in [-0.1, -0.05) is 0 Å². The first-order valence-electron chi connectivity index (χ1n) is 4.26. The second-order valence-corrected chi connectivity index (χ2v) is 11.7. The van der Waals surface area contributed by atoms with Gasteiger partial charge in [0.25, 0.3) is 0 Å². The molecular formula is C10H2Br2O2Se2. The first-order chi connectivity index (χ1) is 7.58. The molecule has 1 aliphatic rings. The fourth-order valence-electron chi connectivity index (χ4n) is 1.64. The standard InChI is InChI=1S/C10H2Br2O2Se2/c11-5-1-3-7(13)10-4(2-6(12)16-10)8(14)9(3)15-5/h1-2H. The van der Waals surface area contributed by atoms with Crippen LogP contribution in [0, 0.1) is 0 Å². The van der Waals surface area contributed by atoms with Gasteiger partial charge >= 0.3 is 121 Å². The molecule has 0 atom stereocenters. The molecule has 1 aliphatic carbocycles. The first-order valence-corrected chi connectivity index (χ1v) is 9.27. The minimum atomic E-state index is -0.0312. The van der Waals surface area contributed by atoms with Gasteiger partial charge in [0.1, 0.15) is 0 Å². The molecule has 0 radical (unpaired) electrons. The van der Waals surface area contributed by atoms with Crippen molar-refractivity contribution in [3.05, 3.63) is 38.8 Å². The van der Waals surface area contributed by atoms with Gasteiger partial charge in [-0.15, -0.1) is 0 Å². The van der Waals surface area contributed by atoms with Crippen LogP contribution in [0.5, 0.6) is 0 Å². The molecule has 2 heterocycles. The van der Waals surface area contributed by atoms with Crippen molar-refractivity contribution >= 4 is 72.4 Å². The summed E-state index contributed by atoms with van der Waals surface area (Å²) < 4.78 is 3.36. The third kappa shape index (κ3) is 1.56. The van der Waals surface area contributed by atoms with Crippen molar-refractivity contribution in [3.8, 4) is 0 Å². The van der Waals surface area contributed by atoms with Crippen LogP contribution in [-0.2, 0) is 0 Å². The molecule has 2 aromatic rings. The molecule has 0 aliphatic heterocycles. The Labute approximate surface area is 120 Å². The van der Waals surface area contributed by atoms with Gasteiger partial charge in [0.2, 0.25) is 0 Å². The second-order valence-electron chi connectivity index (χ2n) is 3.24. The topological polar surface area (TPSA) is 34.1 Å². The van der Waals surface area contributed by atoms with E-state index in [1.165, 1.54) is 0 Å². The monoisotopic (exact) mass is 472 g/mol. The molecule has 0 spiro atoms. The minimum absolute atomic E-state index is 0.0312. The Hall–Kier alpha value is 0.299. The molecule has 2 nitrogen and oxygen atoms in total. The average molecular weight is 472 g/mol. The Morgan fingerprint density at radius 1 is 0.812 bits per heavy atom. The summed E-state index contributed by atoms with van der Waals surface area (Å²) in [6, 6.07) is 3.61. The van der Waals surface area contributed by atoms with Crippen molar-refractivity contribution in [2.24, 2.45) is 0 Å². The van der Waals surface area contributed by atoms with Crippen LogP contribution in [0.3, 0.4) is 0 Å². The predicted molar refractivity (Wildman–Crippen MR) is 69.0 cm³/mol. The van der Waals surface area contributed by atoms with Crippen LogP contribution < -0.4 is 0 Å². The number of ketones is 2. The van der Waals surface area contributed by atoms with E-state index in [4.69, 9.17) is 0 Å². The summed E-state index contributed by atoms with van der Waals surface area (Å²) >= 11 is 6.70. The molecule has 0 saturated heterocycles. The van der Waals surface area contributed by atoms with Crippen LogP contribution in [0.2, 0.25) is 0 Å². The Kier molecular flexibility index (Phi) is 2.78. The van der Waals surface area contributed by atoms with Crippen molar-refractivity contribution < 1.29 is 9.59 Å². The summed E-state index contributed by atoms with van der Waals surface area (Å²) in [7, 11) is 0. The molecule has 0 bridgehead atoms. The van der Waals surface area contributed by atoms with E-state index in [0.717, 1.165) is 6.69 Å². The zero-order valence-electron chi connectivity index (χ0n) is 7.54. The molecule has 6 heteroatoms. The Bertz CT molecular complexity index is 536. The molecule has 0 saturated carbocycles. The SMILES string of the molecule is O=C1c2cc(Br)[se]c2C(=O)c2cc(Br)[se]c21. The van der Waals surface area contributed by atoms with Crippen LogP contribution in [0.15, 0.2) is 18.8 Å². The molecule has 0 N–H and O–H groups in total. The van der Waals surface area contributed by atoms with Crippen molar-refractivity contribution in [2.75, 3.05) is 0 Å². The van der Waals surface area contributed by atoms with Gasteiger partial charge in [-0.3, -0.25) is 0 Å². The fraction of sp³-hybridized carbons (Fsp3) is 0. The van der Waals surface area contributed by atoms with Gasteiger partial charge in [-0.2, -0.15) is 0 Å². The number of halogens is 2. The molecule has 0 aromatic carbocycles. The normalized spacial score (nSPS) is 13.9. The van der Waals surface area contributed by atoms with Gasteiger partial charge in [0.15, 0.2) is 0 Å². The number of fused-ring (bicyclic) bond motifs is 2. The van der Waals surface area contributed by atoms with E-state index in [1.807, 2.05) is 12.1 Å². The van der Waals surface area contributed by atoms with Crippen molar-refractivity contribution in [2.45, 2.75) is 0 Å². The molecule has 16 heavy (non-hydrogen) atoms. The summed E-state index contributed by atoms with van der Waals surface area (Å²) in [5.41, 5.74) is 1.24. The fourth-order valence-corrected chi connectivity index (χ4v) is 7.29. The van der Waals surface area contributed by atoms with Gasteiger partial charge in [0.05, 0.1) is 0 Å². The van der Waals surface area contributed by atoms with Crippen LogP contribution in [0.25, 0.3) is 0 Å². The Morgan fingerprint density at radius 3 is 1.56 bits per heavy atom. The van der Waals surface area contributed by atoms with Crippen LogP contribution in [0.4, 0.5) is 0 Å². The molecule has 3 rings (SSSR count). The zero-order chi connectivity index (χ0) is 11.4. The third-order valence-corrected chi connectivity index (χ3v) is 8.32. The van der Waals surface area contributed by atoms with E-state index in [-0.39, 0.29) is 40.6 Å². The Morgan fingerprint density at radius 2 is 1.19 bits per heavy atom. The molecule has 0 amide bonds. The van der Waals surface area contributed by atoms with Crippen molar-refractivity contribution in [3.63, 3.8) is 0 Å². The maximum atomic E-state index is 12.2. The van der Waals surface area contributed by atoms with Crippen LogP contribution in [0.1, 0.15) is 29.6 Å². The van der Waals surface area contributed by atoms with E-state index in [2.05, 4.69) is 31.9 Å². The van der Waals surface area contributed by atoms with E-state index < -0.39 is 0 Å². The summed E-state index contributed by atoms with van der Waals surface area (Å²) in [6.45, 7) is 0. The average Bonchev–Trinajstić information content (AvgIpc) is 2.78. The third-order valence-electron chi connectivity index (χ3n) is 2.31. The van der Waals surface area contributed by atoms with Gasteiger partial charge in [-0.25, -0.2) is 0 Å². The van der Waals surface area contributed by atoms with Gasteiger partial charge in [0, 0.05) is 0 Å². The first kappa shape index (κ1) is 11.4. The van der Waals surface area contributed by atoms with Gasteiger partial charge in [-0.05, 0) is 0 Å². The van der Waals surface area contributed by atoms with E-state index in [1.54, 1.807) is 0 Å². The number of hydrogen-bond donors (Lipinski definition) is 0. The number of rotatable bonds is 0. The Balaban J connectivity index is 2.32. The van der Waals surface area contributed by atoms with Crippen molar-refractivity contribution in [1.29, 1.82) is 0 Å². The van der Waals surface area contributed by atoms with Gasteiger partial charge < -0.3 is 0 Å². The number of hydrogen-bond acceptors (Lipinski definition) is 2. The van der Waals surface area contributed by atoms with E-state index in [9.17, 15) is 9.59 Å². The molecule has 0 unspecified atom stereocenters. The maximum absolute atomic E-state index is 12.2. The quantitative estimate of drug-likeness (QED) is 0.471. The molecule has 2 aromatic heterocycles. The number of carbonyl (C=O) groups is 2. The summed E-state index contributed by atoms with van der Waals surface area (Å²) in [6.07, 6.45) is 0. The molecule has 80 valence electrons. The summed E-state index contributed by atoms with van der Waals surface area (Å²) in [4.78, 5) is 24.3. The van der Waals surface area contributed by atoms with Crippen LogP contribution in [-0.4, -0.2) is 40.6 Å². The summed E-state index contributed by atoms with van der Waals surface area (Å²) in [5, 5.41) is 0. The summed E-state index contributed by atoms with van der Waals surface area (Å²) in [5.74, 6) is 0.0956. The zero-order valence-corrected chi connectivity index (χ0v) is 14.1. The predicted octanol–water partition coefficient (Wildman–Crippen LogP) is 2.10. The van der Waals surface area contributed by atoms with Crippen molar-refractivity contribution in [1.82, 2.24) is 0 Å². The number of carbonyl (C=O) groups excluding carboxylic acids is 2. The van der Waals surface area contributed by atoms with E-state index in [0.29, 0.717) is 20.0 Å². The second kappa shape index (κ2) is 3.91.